The van der Waals surface area contributed by atoms with Crippen molar-refractivity contribution in [2.75, 3.05) is 12.4 Å². The minimum atomic E-state index is -4.43. The Hall–Kier alpha value is -0.650. The van der Waals surface area contributed by atoms with E-state index < -0.39 is 24.9 Å². The molecule has 0 radical (unpaired) electrons. The van der Waals surface area contributed by atoms with Crippen molar-refractivity contribution < 1.29 is 22.7 Å². The number of ether oxygens (including phenoxy) is 1. The predicted octanol–water partition coefficient (Wildman–Crippen LogP) is 1.90. The van der Waals surface area contributed by atoms with Gasteiger partial charge in [0, 0.05) is 0 Å². The Morgan fingerprint density at radius 3 is 2.54 bits per heavy atom. The number of hydrogen-bond acceptors (Lipinski definition) is 2. The summed E-state index contributed by atoms with van der Waals surface area (Å²) in [7, 11) is 0. The first kappa shape index (κ1) is 12.3. The van der Waals surface area contributed by atoms with Crippen LogP contribution < -0.4 is 5.32 Å². The highest BCUT2D eigenvalue weighted by Crippen LogP contribution is 2.12. The summed E-state index contributed by atoms with van der Waals surface area (Å²) in [6.45, 7) is 0.0704. The van der Waals surface area contributed by atoms with E-state index in [0.717, 1.165) is 0 Å². The van der Waals surface area contributed by atoms with Gasteiger partial charge in [0.2, 0.25) is 0 Å². The number of amides is 1. The average Bonchev–Trinajstić information content (AvgIpc) is 1.99. The Kier molecular flexibility index (Phi) is 4.90. The minimum absolute atomic E-state index is 0.0411. The fraction of sp³-hybridized carbons (Fsp3) is 0.833. The molecule has 0 aromatic rings. The number of halogens is 4. The molecule has 0 bridgehead atoms. The molecule has 0 rings (SSSR count). The summed E-state index contributed by atoms with van der Waals surface area (Å²) < 4.78 is 39.0. The Morgan fingerprint density at radius 1 is 1.62 bits per heavy atom. The quantitative estimate of drug-likeness (QED) is 0.737. The van der Waals surface area contributed by atoms with Crippen LogP contribution >= 0.6 is 11.6 Å². The SMILES string of the molecule is CC(CCl)OC(=O)NCC(F)(F)F. The summed E-state index contributed by atoms with van der Waals surface area (Å²) in [5.41, 5.74) is 0. The fourth-order valence-electron chi connectivity index (χ4n) is 0.428. The molecule has 0 aromatic carbocycles. The lowest BCUT2D eigenvalue weighted by Crippen LogP contribution is -2.35. The molecule has 1 N–H and O–H groups in total. The van der Waals surface area contributed by atoms with Crippen LogP contribution in [0.5, 0.6) is 0 Å². The second-order valence-electron chi connectivity index (χ2n) is 2.34. The zero-order valence-corrected chi connectivity index (χ0v) is 7.58. The molecule has 1 unspecified atom stereocenters. The molecule has 0 saturated carbocycles. The highest BCUT2D eigenvalue weighted by Gasteiger charge is 2.28. The van der Waals surface area contributed by atoms with Gasteiger partial charge in [0.25, 0.3) is 0 Å². The van der Waals surface area contributed by atoms with Crippen molar-refractivity contribution in [1.29, 1.82) is 0 Å². The Labute approximate surface area is 78.2 Å². The molecule has 3 nitrogen and oxygen atoms in total. The van der Waals surface area contributed by atoms with Crippen LogP contribution in [0.25, 0.3) is 0 Å². The number of carbonyl (C=O) groups excluding carboxylic acids is 1. The van der Waals surface area contributed by atoms with Crippen molar-refractivity contribution in [2.45, 2.75) is 19.2 Å². The summed E-state index contributed by atoms with van der Waals surface area (Å²) >= 11 is 5.26. The normalized spacial score (nSPS) is 13.6. The van der Waals surface area contributed by atoms with Crippen LogP contribution in [0.1, 0.15) is 6.92 Å². The zero-order chi connectivity index (χ0) is 10.5. The number of alkyl halides is 4. The Bertz CT molecular complexity index is 174. The third-order valence-corrected chi connectivity index (χ3v) is 1.39. The van der Waals surface area contributed by atoms with E-state index in [2.05, 4.69) is 4.74 Å². The maximum absolute atomic E-state index is 11.5. The monoisotopic (exact) mass is 219 g/mol. The molecular formula is C6H9ClF3NO2. The van der Waals surface area contributed by atoms with Crippen LogP contribution in [0.4, 0.5) is 18.0 Å². The Balaban J connectivity index is 3.64. The lowest BCUT2D eigenvalue weighted by Gasteiger charge is -2.12. The maximum Gasteiger partial charge on any atom is 0.407 e. The Morgan fingerprint density at radius 2 is 2.15 bits per heavy atom. The molecule has 0 spiro atoms. The average molecular weight is 220 g/mol. The number of carbonyl (C=O) groups is 1. The molecule has 0 aliphatic rings. The van der Waals surface area contributed by atoms with Crippen molar-refractivity contribution in [2.24, 2.45) is 0 Å². The molecule has 0 aromatic heterocycles. The molecule has 0 saturated heterocycles. The van der Waals surface area contributed by atoms with Gasteiger partial charge >= 0.3 is 12.3 Å². The van der Waals surface area contributed by atoms with Gasteiger partial charge in [0.05, 0.1) is 5.88 Å². The van der Waals surface area contributed by atoms with Gasteiger partial charge in [-0.2, -0.15) is 13.2 Å². The number of hydrogen-bond donors (Lipinski definition) is 1. The van der Waals surface area contributed by atoms with Crippen molar-refractivity contribution in [1.82, 2.24) is 5.32 Å². The topological polar surface area (TPSA) is 38.3 Å². The summed E-state index contributed by atoms with van der Waals surface area (Å²) in [6.07, 6.45) is -6.15. The molecule has 0 aliphatic carbocycles. The van der Waals surface area contributed by atoms with Crippen molar-refractivity contribution in [3.63, 3.8) is 0 Å². The second kappa shape index (κ2) is 5.16. The van der Waals surface area contributed by atoms with E-state index in [0.29, 0.717) is 0 Å². The van der Waals surface area contributed by atoms with Crippen molar-refractivity contribution in [3.8, 4) is 0 Å². The molecule has 7 heteroatoms. The van der Waals surface area contributed by atoms with E-state index in [1.165, 1.54) is 6.92 Å². The number of rotatable bonds is 3. The summed E-state index contributed by atoms with van der Waals surface area (Å²) in [5.74, 6) is 0.0411. The largest absolute Gasteiger partial charge is 0.445 e. The van der Waals surface area contributed by atoms with E-state index in [4.69, 9.17) is 11.6 Å². The van der Waals surface area contributed by atoms with Gasteiger partial charge in [-0.15, -0.1) is 11.6 Å². The first-order valence-electron chi connectivity index (χ1n) is 3.42. The number of nitrogens with one attached hydrogen (secondary N) is 1. The van der Waals surface area contributed by atoms with Crippen molar-refractivity contribution >= 4 is 17.7 Å². The molecule has 1 amide bonds. The molecule has 78 valence electrons. The highest BCUT2D eigenvalue weighted by molar-refractivity contribution is 6.18. The zero-order valence-electron chi connectivity index (χ0n) is 6.82. The lowest BCUT2D eigenvalue weighted by atomic mass is 10.5. The van der Waals surface area contributed by atoms with Gasteiger partial charge < -0.3 is 10.1 Å². The maximum atomic E-state index is 11.5. The van der Waals surface area contributed by atoms with Gasteiger partial charge in [0.1, 0.15) is 12.6 Å². The fourth-order valence-corrected chi connectivity index (χ4v) is 0.491. The molecule has 0 aliphatic heterocycles. The van der Waals surface area contributed by atoms with E-state index in [1.54, 1.807) is 5.32 Å². The van der Waals surface area contributed by atoms with E-state index >= 15 is 0 Å². The van der Waals surface area contributed by atoms with Gasteiger partial charge in [-0.25, -0.2) is 4.79 Å². The molecule has 0 fully saturated rings. The summed E-state index contributed by atoms with van der Waals surface area (Å²) in [4.78, 5) is 10.6. The first-order valence-corrected chi connectivity index (χ1v) is 3.96. The third-order valence-electron chi connectivity index (χ3n) is 0.959. The summed E-state index contributed by atoms with van der Waals surface area (Å²) in [5, 5.41) is 1.54. The lowest BCUT2D eigenvalue weighted by molar-refractivity contribution is -0.124. The molecule has 0 heterocycles. The van der Waals surface area contributed by atoms with Gasteiger partial charge in [-0.3, -0.25) is 0 Å². The molecular weight excluding hydrogens is 211 g/mol. The standard InChI is InChI=1S/C6H9ClF3NO2/c1-4(2-7)13-5(12)11-3-6(8,9)10/h4H,2-3H2,1H3,(H,11,12). The summed E-state index contributed by atoms with van der Waals surface area (Å²) in [6, 6.07) is 0. The van der Waals surface area contributed by atoms with Crippen LogP contribution in [0.2, 0.25) is 0 Å². The second-order valence-corrected chi connectivity index (χ2v) is 2.65. The highest BCUT2D eigenvalue weighted by atomic mass is 35.5. The minimum Gasteiger partial charge on any atom is -0.445 e. The van der Waals surface area contributed by atoms with E-state index in [-0.39, 0.29) is 5.88 Å². The van der Waals surface area contributed by atoms with Crippen LogP contribution in [-0.2, 0) is 4.74 Å². The smallest absolute Gasteiger partial charge is 0.407 e. The van der Waals surface area contributed by atoms with Crippen LogP contribution in [-0.4, -0.2) is 30.8 Å². The van der Waals surface area contributed by atoms with Crippen LogP contribution in [0.3, 0.4) is 0 Å². The number of alkyl carbamates (subject to hydrolysis) is 1. The van der Waals surface area contributed by atoms with E-state index in [1.807, 2.05) is 0 Å². The van der Waals surface area contributed by atoms with Gasteiger partial charge in [-0.05, 0) is 6.92 Å². The van der Waals surface area contributed by atoms with E-state index in [9.17, 15) is 18.0 Å². The van der Waals surface area contributed by atoms with Crippen LogP contribution in [0, 0.1) is 0 Å². The molecule has 1 atom stereocenters. The van der Waals surface area contributed by atoms with Crippen LogP contribution in [0.15, 0.2) is 0 Å². The predicted molar refractivity (Wildman–Crippen MR) is 40.7 cm³/mol. The first-order chi connectivity index (χ1) is 5.85. The van der Waals surface area contributed by atoms with Crippen molar-refractivity contribution in [3.05, 3.63) is 0 Å². The third kappa shape index (κ3) is 7.70. The van der Waals surface area contributed by atoms with Gasteiger partial charge in [0.15, 0.2) is 0 Å². The van der Waals surface area contributed by atoms with Gasteiger partial charge in [-0.1, -0.05) is 0 Å². The molecule has 13 heavy (non-hydrogen) atoms.